The van der Waals surface area contributed by atoms with Gasteiger partial charge in [0.05, 0.1) is 6.61 Å². The Morgan fingerprint density at radius 1 is 1.24 bits per heavy atom. The molecule has 0 amide bonds. The van der Waals surface area contributed by atoms with Gasteiger partial charge in [-0.15, -0.1) is 0 Å². The minimum absolute atomic E-state index is 0.510. The summed E-state index contributed by atoms with van der Waals surface area (Å²) in [5, 5.41) is 0. The molecule has 2 aliphatic heterocycles. The van der Waals surface area contributed by atoms with Crippen molar-refractivity contribution in [2.75, 3.05) is 45.9 Å². The van der Waals surface area contributed by atoms with Gasteiger partial charge >= 0.3 is 0 Å². The van der Waals surface area contributed by atoms with Gasteiger partial charge < -0.3 is 15.4 Å². The highest BCUT2D eigenvalue weighted by molar-refractivity contribution is 5.37. The lowest BCUT2D eigenvalue weighted by Crippen LogP contribution is -2.52. The Hall–Kier alpha value is -1.10. The Morgan fingerprint density at radius 3 is 2.76 bits per heavy atom. The van der Waals surface area contributed by atoms with E-state index in [-0.39, 0.29) is 0 Å². The van der Waals surface area contributed by atoms with Crippen molar-refractivity contribution >= 4 is 0 Å². The summed E-state index contributed by atoms with van der Waals surface area (Å²) < 4.78 is 5.77. The number of benzene rings is 1. The van der Waals surface area contributed by atoms with Crippen molar-refractivity contribution < 1.29 is 4.74 Å². The van der Waals surface area contributed by atoms with Crippen LogP contribution in [-0.2, 0) is 0 Å². The van der Waals surface area contributed by atoms with Crippen LogP contribution in [0.15, 0.2) is 24.3 Å². The predicted octanol–water partition coefficient (Wildman–Crippen LogP) is 1.52. The van der Waals surface area contributed by atoms with Crippen LogP contribution in [0.1, 0.15) is 24.8 Å². The Kier molecular flexibility index (Phi) is 4.78. The van der Waals surface area contributed by atoms with E-state index >= 15 is 0 Å². The molecule has 0 aromatic heterocycles. The topological polar surface area (TPSA) is 41.7 Å². The van der Waals surface area contributed by atoms with Crippen LogP contribution >= 0.6 is 0 Å². The largest absolute Gasteiger partial charge is 0.493 e. The monoisotopic (exact) mass is 289 g/mol. The first kappa shape index (κ1) is 14.8. The van der Waals surface area contributed by atoms with Crippen LogP contribution in [-0.4, -0.2) is 61.7 Å². The fourth-order valence-corrected chi connectivity index (χ4v) is 3.45. The first-order chi connectivity index (χ1) is 10.3. The summed E-state index contributed by atoms with van der Waals surface area (Å²) in [5.74, 6) is 1.71. The second kappa shape index (κ2) is 6.77. The summed E-state index contributed by atoms with van der Waals surface area (Å²) in [4.78, 5) is 5.11. The molecular weight excluding hydrogens is 262 g/mol. The summed E-state index contributed by atoms with van der Waals surface area (Å²) in [7, 11) is 0. The van der Waals surface area contributed by atoms with Gasteiger partial charge in [0.25, 0.3) is 0 Å². The molecule has 4 nitrogen and oxygen atoms in total. The van der Waals surface area contributed by atoms with Crippen molar-refractivity contribution in [3.8, 4) is 5.75 Å². The highest BCUT2D eigenvalue weighted by Gasteiger charge is 2.26. The van der Waals surface area contributed by atoms with Gasteiger partial charge in [0.1, 0.15) is 5.75 Å². The molecule has 0 saturated carbocycles. The smallest absolute Gasteiger partial charge is 0.122 e. The second-order valence-corrected chi connectivity index (χ2v) is 6.29. The summed E-state index contributed by atoms with van der Waals surface area (Å²) in [5.41, 5.74) is 7.16. The molecule has 2 N–H and O–H groups in total. The number of fused-ring (bicyclic) bond motifs is 1. The van der Waals surface area contributed by atoms with E-state index in [2.05, 4.69) is 41.0 Å². The van der Waals surface area contributed by atoms with Crippen molar-refractivity contribution in [3.63, 3.8) is 0 Å². The third-order valence-electron chi connectivity index (χ3n) is 4.93. The van der Waals surface area contributed by atoms with Crippen molar-refractivity contribution in [1.29, 1.82) is 0 Å². The standard InChI is InChI=1S/C17H27N3O/c1-14(12-18)20-9-7-19(8-10-20)13-15-6-11-21-17-5-3-2-4-16(15)17/h2-5,14-15H,6-13,18H2,1H3. The number of piperazine rings is 1. The number of hydrogen-bond acceptors (Lipinski definition) is 4. The van der Waals surface area contributed by atoms with Crippen LogP contribution < -0.4 is 10.5 Å². The molecule has 3 rings (SSSR count). The molecule has 4 heteroatoms. The van der Waals surface area contributed by atoms with Crippen LogP contribution in [0.25, 0.3) is 0 Å². The van der Waals surface area contributed by atoms with E-state index in [1.54, 1.807) is 0 Å². The minimum atomic E-state index is 0.510. The van der Waals surface area contributed by atoms with E-state index in [1.807, 2.05) is 0 Å². The molecule has 0 radical (unpaired) electrons. The number of rotatable bonds is 4. The zero-order valence-electron chi connectivity index (χ0n) is 13.0. The zero-order valence-corrected chi connectivity index (χ0v) is 13.0. The number of ether oxygens (including phenoxy) is 1. The van der Waals surface area contributed by atoms with Crippen molar-refractivity contribution in [2.45, 2.75) is 25.3 Å². The molecule has 0 aliphatic carbocycles. The maximum absolute atomic E-state index is 5.77. The van der Waals surface area contributed by atoms with E-state index in [0.29, 0.717) is 12.0 Å². The van der Waals surface area contributed by atoms with E-state index in [4.69, 9.17) is 10.5 Å². The van der Waals surface area contributed by atoms with Crippen LogP contribution in [0.4, 0.5) is 0 Å². The number of nitrogens with two attached hydrogens (primary N) is 1. The van der Waals surface area contributed by atoms with Crippen molar-refractivity contribution in [3.05, 3.63) is 29.8 Å². The first-order valence-corrected chi connectivity index (χ1v) is 8.16. The molecule has 1 aromatic rings. The lowest BCUT2D eigenvalue weighted by molar-refractivity contribution is 0.0961. The molecule has 116 valence electrons. The zero-order chi connectivity index (χ0) is 14.7. The van der Waals surface area contributed by atoms with E-state index in [9.17, 15) is 0 Å². The van der Waals surface area contributed by atoms with Crippen LogP contribution in [0.5, 0.6) is 5.75 Å². The van der Waals surface area contributed by atoms with Crippen LogP contribution in [0, 0.1) is 0 Å². The molecule has 2 aliphatic rings. The average molecular weight is 289 g/mol. The Balaban J connectivity index is 1.57. The lowest BCUT2D eigenvalue weighted by Gasteiger charge is -2.39. The SMILES string of the molecule is CC(CN)N1CCN(CC2CCOc3ccccc32)CC1. The van der Waals surface area contributed by atoms with Gasteiger partial charge in [-0.05, 0) is 25.0 Å². The van der Waals surface area contributed by atoms with Crippen LogP contribution in [0.3, 0.4) is 0 Å². The first-order valence-electron chi connectivity index (χ1n) is 8.16. The maximum atomic E-state index is 5.77. The summed E-state index contributed by atoms with van der Waals surface area (Å²) in [6.45, 7) is 9.59. The Morgan fingerprint density at radius 2 is 2.00 bits per heavy atom. The summed E-state index contributed by atoms with van der Waals surface area (Å²) in [6, 6.07) is 9.03. The van der Waals surface area contributed by atoms with Crippen LogP contribution in [0.2, 0.25) is 0 Å². The normalized spacial score (nSPS) is 25.1. The van der Waals surface area contributed by atoms with Crippen molar-refractivity contribution in [2.24, 2.45) is 5.73 Å². The number of hydrogen-bond donors (Lipinski definition) is 1. The van der Waals surface area contributed by atoms with Gasteiger partial charge in [0, 0.05) is 51.2 Å². The quantitative estimate of drug-likeness (QED) is 0.912. The Bertz CT molecular complexity index is 457. The van der Waals surface area contributed by atoms with E-state index in [0.717, 1.165) is 58.0 Å². The molecule has 21 heavy (non-hydrogen) atoms. The average Bonchev–Trinajstić information content (AvgIpc) is 2.55. The van der Waals surface area contributed by atoms with Gasteiger partial charge in [-0.1, -0.05) is 18.2 Å². The molecule has 1 aromatic carbocycles. The minimum Gasteiger partial charge on any atom is -0.493 e. The predicted molar refractivity (Wildman–Crippen MR) is 85.8 cm³/mol. The number of para-hydroxylation sites is 1. The third kappa shape index (κ3) is 3.39. The molecule has 2 unspecified atom stereocenters. The van der Waals surface area contributed by atoms with E-state index < -0.39 is 0 Å². The molecule has 1 fully saturated rings. The van der Waals surface area contributed by atoms with Gasteiger partial charge in [-0.25, -0.2) is 0 Å². The van der Waals surface area contributed by atoms with Gasteiger partial charge in [-0.2, -0.15) is 0 Å². The highest BCUT2D eigenvalue weighted by Crippen LogP contribution is 2.33. The Labute approximate surface area is 127 Å². The third-order valence-corrected chi connectivity index (χ3v) is 4.93. The van der Waals surface area contributed by atoms with Gasteiger partial charge in [-0.3, -0.25) is 4.90 Å². The van der Waals surface area contributed by atoms with Gasteiger partial charge in [0.15, 0.2) is 0 Å². The molecule has 2 heterocycles. The summed E-state index contributed by atoms with van der Waals surface area (Å²) in [6.07, 6.45) is 1.14. The highest BCUT2D eigenvalue weighted by atomic mass is 16.5. The second-order valence-electron chi connectivity index (χ2n) is 6.29. The molecule has 0 spiro atoms. The fourth-order valence-electron chi connectivity index (χ4n) is 3.45. The summed E-state index contributed by atoms with van der Waals surface area (Å²) >= 11 is 0. The molecule has 2 atom stereocenters. The van der Waals surface area contributed by atoms with E-state index in [1.165, 1.54) is 5.56 Å². The molecule has 0 bridgehead atoms. The van der Waals surface area contributed by atoms with Crippen molar-refractivity contribution in [1.82, 2.24) is 9.80 Å². The number of nitrogens with zero attached hydrogens (tertiary/aromatic N) is 2. The van der Waals surface area contributed by atoms with Gasteiger partial charge in [0.2, 0.25) is 0 Å². The maximum Gasteiger partial charge on any atom is 0.122 e. The fraction of sp³-hybridized carbons (Fsp3) is 0.647. The molecular formula is C17H27N3O. The molecule has 1 saturated heterocycles. The lowest BCUT2D eigenvalue weighted by atomic mass is 9.92.